The van der Waals surface area contributed by atoms with E-state index in [1.807, 2.05) is 0 Å². The van der Waals surface area contributed by atoms with Gasteiger partial charge in [-0.25, -0.2) is 0 Å². The molecule has 0 saturated carbocycles. The lowest BCUT2D eigenvalue weighted by Crippen LogP contribution is -2.50. The van der Waals surface area contributed by atoms with Gasteiger partial charge in [0.25, 0.3) is 5.91 Å². The van der Waals surface area contributed by atoms with Crippen molar-refractivity contribution in [2.75, 3.05) is 0 Å². The Morgan fingerprint density at radius 2 is 1.93 bits per heavy atom. The summed E-state index contributed by atoms with van der Waals surface area (Å²) in [4.78, 5) is 15.3. The van der Waals surface area contributed by atoms with Crippen molar-refractivity contribution in [3.63, 3.8) is 0 Å². The van der Waals surface area contributed by atoms with Gasteiger partial charge in [0.2, 0.25) is 0 Å². The zero-order valence-electron chi connectivity index (χ0n) is 8.19. The first kappa shape index (κ1) is 9.51. The number of hydrazine groups is 1. The monoisotopic (exact) mass is 205 g/mol. The maximum absolute atomic E-state index is 11.1. The number of hydrogen-bond acceptors (Lipinski definition) is 4. The number of amides is 1. The minimum atomic E-state index is -0.393. The van der Waals surface area contributed by atoms with E-state index in [4.69, 9.17) is 5.11 Å². The van der Waals surface area contributed by atoms with Gasteiger partial charge in [-0.1, -0.05) is 0 Å². The predicted molar refractivity (Wildman–Crippen MR) is 55.4 cm³/mol. The van der Waals surface area contributed by atoms with Gasteiger partial charge in [-0.15, -0.1) is 0 Å². The van der Waals surface area contributed by atoms with Crippen LogP contribution in [0.3, 0.4) is 0 Å². The highest BCUT2D eigenvalue weighted by Crippen LogP contribution is 2.11. The SMILES string of the molecule is CC1N=C(c2ccc(O)cc2)NNC1=O. The standard InChI is InChI=1S/C10H11N3O2/c1-6-10(15)13-12-9(11-6)7-2-4-8(14)5-3-7/h2-6,14H,1H3,(H,11,12)(H,13,15). The van der Waals surface area contributed by atoms with Gasteiger partial charge in [0.05, 0.1) is 0 Å². The molecular weight excluding hydrogens is 194 g/mol. The van der Waals surface area contributed by atoms with Crippen LogP contribution in [0, 0.1) is 0 Å². The summed E-state index contributed by atoms with van der Waals surface area (Å²) in [6.07, 6.45) is 0. The van der Waals surface area contributed by atoms with Crippen LogP contribution in [0.2, 0.25) is 0 Å². The Kier molecular flexibility index (Phi) is 2.29. The second-order valence-corrected chi connectivity index (χ2v) is 3.31. The molecule has 78 valence electrons. The largest absolute Gasteiger partial charge is 0.508 e. The van der Waals surface area contributed by atoms with Gasteiger partial charge in [-0.3, -0.25) is 20.6 Å². The summed E-state index contributed by atoms with van der Waals surface area (Å²) in [5, 5.41) is 9.12. The number of hydrogen-bond donors (Lipinski definition) is 3. The maximum Gasteiger partial charge on any atom is 0.262 e. The predicted octanol–water partition coefficient (Wildman–Crippen LogP) is 0.162. The average Bonchev–Trinajstić information content (AvgIpc) is 2.23. The molecule has 15 heavy (non-hydrogen) atoms. The molecule has 3 N–H and O–H groups in total. The number of carbonyl (C=O) groups excluding carboxylic acids is 1. The molecular formula is C10H11N3O2. The highest BCUT2D eigenvalue weighted by molar-refractivity contribution is 6.03. The van der Waals surface area contributed by atoms with Crippen molar-refractivity contribution in [3.05, 3.63) is 29.8 Å². The molecule has 1 heterocycles. The van der Waals surface area contributed by atoms with Crippen molar-refractivity contribution in [3.8, 4) is 5.75 Å². The van der Waals surface area contributed by atoms with Crippen molar-refractivity contribution in [1.82, 2.24) is 10.9 Å². The maximum atomic E-state index is 11.1. The Labute approximate surface area is 86.8 Å². The molecule has 5 nitrogen and oxygen atoms in total. The molecule has 0 radical (unpaired) electrons. The van der Waals surface area contributed by atoms with Crippen molar-refractivity contribution in [1.29, 1.82) is 0 Å². The van der Waals surface area contributed by atoms with Crippen molar-refractivity contribution >= 4 is 11.7 Å². The van der Waals surface area contributed by atoms with Crippen LogP contribution < -0.4 is 10.9 Å². The zero-order chi connectivity index (χ0) is 10.8. The Morgan fingerprint density at radius 3 is 2.53 bits per heavy atom. The molecule has 0 fully saturated rings. The Morgan fingerprint density at radius 1 is 1.27 bits per heavy atom. The van der Waals surface area contributed by atoms with Crippen LogP contribution in [0.1, 0.15) is 12.5 Å². The number of rotatable bonds is 1. The van der Waals surface area contributed by atoms with Crippen LogP contribution in [0.4, 0.5) is 0 Å². The topological polar surface area (TPSA) is 73.7 Å². The fraction of sp³-hybridized carbons (Fsp3) is 0.200. The van der Waals surface area contributed by atoms with E-state index < -0.39 is 6.04 Å². The zero-order valence-corrected chi connectivity index (χ0v) is 8.19. The summed E-state index contributed by atoms with van der Waals surface area (Å²) in [6, 6.07) is 6.20. The molecule has 1 aromatic carbocycles. The molecule has 1 aliphatic heterocycles. The van der Waals surface area contributed by atoms with Crippen LogP contribution in [0.5, 0.6) is 5.75 Å². The fourth-order valence-corrected chi connectivity index (χ4v) is 1.28. The van der Waals surface area contributed by atoms with Crippen LogP contribution in [-0.4, -0.2) is 22.9 Å². The van der Waals surface area contributed by atoms with Crippen molar-refractivity contribution < 1.29 is 9.90 Å². The number of carbonyl (C=O) groups is 1. The van der Waals surface area contributed by atoms with E-state index in [2.05, 4.69) is 15.8 Å². The van der Waals surface area contributed by atoms with Crippen LogP contribution in [0.25, 0.3) is 0 Å². The second kappa shape index (κ2) is 3.61. The number of aliphatic imine (C=N–C) groups is 1. The molecule has 0 saturated heterocycles. The molecule has 0 bridgehead atoms. The summed E-state index contributed by atoms with van der Waals surface area (Å²) in [5.74, 6) is 0.645. The van der Waals surface area contributed by atoms with E-state index in [1.54, 1.807) is 31.2 Å². The Bertz CT molecular complexity index is 411. The third-order valence-corrected chi connectivity index (χ3v) is 2.15. The lowest BCUT2D eigenvalue weighted by molar-refractivity contribution is -0.122. The first-order valence-corrected chi connectivity index (χ1v) is 4.60. The minimum absolute atomic E-state index is 0.155. The first-order valence-electron chi connectivity index (χ1n) is 4.60. The highest BCUT2D eigenvalue weighted by Gasteiger charge is 2.18. The summed E-state index contributed by atoms with van der Waals surface area (Å²) in [7, 11) is 0. The van der Waals surface area contributed by atoms with Crippen LogP contribution in [0.15, 0.2) is 29.3 Å². The third-order valence-electron chi connectivity index (χ3n) is 2.15. The molecule has 1 amide bonds. The summed E-state index contributed by atoms with van der Waals surface area (Å²) < 4.78 is 0. The summed E-state index contributed by atoms with van der Waals surface area (Å²) in [6.45, 7) is 1.72. The Balaban J connectivity index is 2.28. The van der Waals surface area contributed by atoms with Gasteiger partial charge < -0.3 is 5.11 Å². The van der Waals surface area contributed by atoms with Crippen molar-refractivity contribution in [2.45, 2.75) is 13.0 Å². The molecule has 1 unspecified atom stereocenters. The highest BCUT2D eigenvalue weighted by atomic mass is 16.3. The average molecular weight is 205 g/mol. The molecule has 0 aromatic heterocycles. The summed E-state index contributed by atoms with van der Waals surface area (Å²) >= 11 is 0. The molecule has 2 rings (SSSR count). The van der Waals surface area contributed by atoms with Crippen LogP contribution in [-0.2, 0) is 4.79 Å². The first-order chi connectivity index (χ1) is 7.16. The normalized spacial score (nSPS) is 20.2. The molecule has 1 aliphatic rings. The number of phenolic OH excluding ortho intramolecular Hbond substituents is 1. The number of nitrogens with zero attached hydrogens (tertiary/aromatic N) is 1. The van der Waals surface area contributed by atoms with E-state index in [0.29, 0.717) is 5.84 Å². The van der Waals surface area contributed by atoms with E-state index in [0.717, 1.165) is 5.56 Å². The third kappa shape index (κ3) is 1.90. The second-order valence-electron chi connectivity index (χ2n) is 3.31. The van der Waals surface area contributed by atoms with Gasteiger partial charge in [0.1, 0.15) is 17.6 Å². The molecule has 0 spiro atoms. The van der Waals surface area contributed by atoms with E-state index in [-0.39, 0.29) is 11.7 Å². The van der Waals surface area contributed by atoms with Crippen LogP contribution >= 0.6 is 0 Å². The smallest absolute Gasteiger partial charge is 0.262 e. The van der Waals surface area contributed by atoms with Gasteiger partial charge in [-0.05, 0) is 31.2 Å². The number of nitrogens with one attached hydrogen (secondary N) is 2. The van der Waals surface area contributed by atoms with Crippen molar-refractivity contribution in [2.24, 2.45) is 4.99 Å². The quantitative estimate of drug-likeness (QED) is 0.611. The number of aromatic hydroxyl groups is 1. The van der Waals surface area contributed by atoms with E-state index in [1.165, 1.54) is 0 Å². The lowest BCUT2D eigenvalue weighted by Gasteiger charge is -2.19. The fourth-order valence-electron chi connectivity index (χ4n) is 1.28. The van der Waals surface area contributed by atoms with E-state index >= 15 is 0 Å². The molecule has 0 aliphatic carbocycles. The molecule has 5 heteroatoms. The number of benzene rings is 1. The molecule has 1 aromatic rings. The molecule has 1 atom stereocenters. The van der Waals surface area contributed by atoms with E-state index in [9.17, 15) is 4.79 Å². The summed E-state index contributed by atoms with van der Waals surface area (Å²) in [5.41, 5.74) is 6.04. The van der Waals surface area contributed by atoms with Gasteiger partial charge >= 0.3 is 0 Å². The number of amidine groups is 1. The minimum Gasteiger partial charge on any atom is -0.508 e. The Hall–Kier alpha value is -2.04. The van der Waals surface area contributed by atoms with Gasteiger partial charge in [0.15, 0.2) is 0 Å². The number of phenols is 1. The lowest BCUT2D eigenvalue weighted by atomic mass is 10.2. The van der Waals surface area contributed by atoms with Gasteiger partial charge in [-0.2, -0.15) is 0 Å². The van der Waals surface area contributed by atoms with Gasteiger partial charge in [0, 0.05) is 5.56 Å².